The zero-order valence-corrected chi connectivity index (χ0v) is 11.8. The fourth-order valence-corrected chi connectivity index (χ4v) is 3.42. The van der Waals surface area contributed by atoms with Gasteiger partial charge in [-0.15, -0.1) is 0 Å². The maximum absolute atomic E-state index is 5.79. The first-order valence-corrected chi connectivity index (χ1v) is 7.95. The second kappa shape index (κ2) is 5.80. The van der Waals surface area contributed by atoms with Crippen LogP contribution < -0.4 is 10.6 Å². The monoisotopic (exact) mass is 273 g/mol. The maximum Gasteiger partial charge on any atom is 0.136 e. The van der Waals surface area contributed by atoms with Gasteiger partial charge < -0.3 is 10.6 Å². The number of thioether (sulfide) groups is 1. The number of fused-ring (bicyclic) bond motifs is 1. The van der Waals surface area contributed by atoms with Crippen LogP contribution in [-0.2, 0) is 6.54 Å². The highest BCUT2D eigenvalue weighted by Gasteiger charge is 2.15. The second-order valence-corrected chi connectivity index (χ2v) is 6.04. The summed E-state index contributed by atoms with van der Waals surface area (Å²) in [7, 11) is 0. The van der Waals surface area contributed by atoms with Gasteiger partial charge in [-0.2, -0.15) is 11.8 Å². The lowest BCUT2D eigenvalue weighted by Gasteiger charge is -2.23. The highest BCUT2D eigenvalue weighted by Crippen LogP contribution is 2.27. The first kappa shape index (κ1) is 12.8. The molecule has 0 amide bonds. The van der Waals surface area contributed by atoms with E-state index in [-0.39, 0.29) is 0 Å². The predicted octanol–water partition coefficient (Wildman–Crippen LogP) is 2.64. The molecule has 1 aromatic heterocycles. The third-order valence-corrected chi connectivity index (χ3v) is 4.55. The molecule has 0 spiro atoms. The highest BCUT2D eigenvalue weighted by atomic mass is 32.2. The summed E-state index contributed by atoms with van der Waals surface area (Å²) >= 11 is 2.04. The number of nitrogens with zero attached hydrogens (tertiary/aromatic N) is 2. The number of pyridine rings is 1. The van der Waals surface area contributed by atoms with Crippen LogP contribution >= 0.6 is 11.8 Å². The Morgan fingerprint density at radius 3 is 3.00 bits per heavy atom. The third kappa shape index (κ3) is 2.69. The number of nitrogens with two attached hydrogens (primary N) is 1. The molecule has 1 aliphatic heterocycles. The summed E-state index contributed by atoms with van der Waals surface area (Å²) in [5, 5.41) is 2.48. The molecule has 19 heavy (non-hydrogen) atoms. The Hall–Kier alpha value is -1.26. The molecule has 0 radical (unpaired) electrons. The van der Waals surface area contributed by atoms with Crippen molar-refractivity contribution in [1.29, 1.82) is 0 Å². The van der Waals surface area contributed by atoms with Crippen molar-refractivity contribution in [2.75, 3.05) is 29.5 Å². The van der Waals surface area contributed by atoms with Gasteiger partial charge in [0.1, 0.15) is 5.82 Å². The first-order valence-electron chi connectivity index (χ1n) is 6.80. The molecule has 0 bridgehead atoms. The quantitative estimate of drug-likeness (QED) is 0.913. The van der Waals surface area contributed by atoms with Gasteiger partial charge >= 0.3 is 0 Å². The van der Waals surface area contributed by atoms with Gasteiger partial charge in [-0.1, -0.05) is 24.3 Å². The van der Waals surface area contributed by atoms with Crippen molar-refractivity contribution in [2.45, 2.75) is 13.0 Å². The van der Waals surface area contributed by atoms with Crippen LogP contribution in [0.4, 0.5) is 5.82 Å². The number of benzene rings is 1. The fourth-order valence-electron chi connectivity index (χ4n) is 2.54. The zero-order valence-electron chi connectivity index (χ0n) is 11.0. The Balaban J connectivity index is 2.09. The van der Waals surface area contributed by atoms with Gasteiger partial charge in [-0.05, 0) is 23.6 Å². The summed E-state index contributed by atoms with van der Waals surface area (Å²) in [6.45, 7) is 2.67. The topological polar surface area (TPSA) is 42.1 Å². The van der Waals surface area contributed by atoms with E-state index >= 15 is 0 Å². The summed E-state index contributed by atoms with van der Waals surface area (Å²) in [4.78, 5) is 7.19. The van der Waals surface area contributed by atoms with E-state index in [4.69, 9.17) is 10.7 Å². The molecule has 0 aliphatic carbocycles. The third-order valence-electron chi connectivity index (χ3n) is 3.50. The van der Waals surface area contributed by atoms with E-state index in [0.29, 0.717) is 6.54 Å². The van der Waals surface area contributed by atoms with Crippen LogP contribution in [0.5, 0.6) is 0 Å². The molecule has 3 nitrogen and oxygen atoms in total. The SMILES string of the molecule is NCc1cc2ccccc2c(N2CCCSCC2)n1. The molecule has 1 aliphatic rings. The zero-order chi connectivity index (χ0) is 13.1. The number of aromatic nitrogens is 1. The Bertz CT molecular complexity index is 562. The van der Waals surface area contributed by atoms with Crippen molar-refractivity contribution < 1.29 is 0 Å². The van der Waals surface area contributed by atoms with E-state index in [1.165, 1.54) is 28.7 Å². The fraction of sp³-hybridized carbons (Fsp3) is 0.400. The van der Waals surface area contributed by atoms with Crippen LogP contribution in [-0.4, -0.2) is 29.6 Å². The lowest BCUT2D eigenvalue weighted by Crippen LogP contribution is -2.27. The molecule has 0 atom stereocenters. The van der Waals surface area contributed by atoms with Crippen LogP contribution in [0.1, 0.15) is 12.1 Å². The number of rotatable bonds is 2. The predicted molar refractivity (Wildman–Crippen MR) is 83.8 cm³/mol. The van der Waals surface area contributed by atoms with Crippen molar-refractivity contribution >= 4 is 28.4 Å². The Morgan fingerprint density at radius 2 is 2.11 bits per heavy atom. The molecule has 0 saturated carbocycles. The van der Waals surface area contributed by atoms with Gasteiger partial charge in [-0.3, -0.25) is 0 Å². The van der Waals surface area contributed by atoms with Gasteiger partial charge in [0.2, 0.25) is 0 Å². The molecule has 3 rings (SSSR count). The first-order chi connectivity index (χ1) is 9.38. The number of hydrogen-bond acceptors (Lipinski definition) is 4. The van der Waals surface area contributed by atoms with Crippen molar-refractivity contribution in [3.05, 3.63) is 36.0 Å². The van der Waals surface area contributed by atoms with E-state index in [1.807, 2.05) is 11.8 Å². The van der Waals surface area contributed by atoms with Crippen LogP contribution in [0.3, 0.4) is 0 Å². The van der Waals surface area contributed by atoms with E-state index in [0.717, 1.165) is 24.6 Å². The van der Waals surface area contributed by atoms with E-state index in [2.05, 4.69) is 35.2 Å². The van der Waals surface area contributed by atoms with E-state index in [9.17, 15) is 0 Å². The second-order valence-electron chi connectivity index (χ2n) is 4.82. The Morgan fingerprint density at radius 1 is 1.21 bits per heavy atom. The molecule has 1 fully saturated rings. The molecule has 100 valence electrons. The van der Waals surface area contributed by atoms with E-state index in [1.54, 1.807) is 0 Å². The van der Waals surface area contributed by atoms with Crippen LogP contribution in [0.25, 0.3) is 10.8 Å². The molecule has 4 heteroatoms. The standard InChI is InChI=1S/C15H19N3S/c16-11-13-10-12-4-1-2-5-14(12)15(17-13)18-6-3-8-19-9-7-18/h1-2,4-5,10H,3,6-9,11,16H2. The smallest absolute Gasteiger partial charge is 0.136 e. The van der Waals surface area contributed by atoms with Crippen molar-refractivity contribution in [1.82, 2.24) is 4.98 Å². The molecule has 1 saturated heterocycles. The van der Waals surface area contributed by atoms with Crippen LogP contribution in [0, 0.1) is 0 Å². The van der Waals surface area contributed by atoms with Crippen molar-refractivity contribution in [3.8, 4) is 0 Å². The number of anilines is 1. The van der Waals surface area contributed by atoms with Crippen LogP contribution in [0.15, 0.2) is 30.3 Å². The molecule has 2 aromatic rings. The lowest BCUT2D eigenvalue weighted by atomic mass is 10.1. The van der Waals surface area contributed by atoms with Crippen molar-refractivity contribution in [2.24, 2.45) is 5.73 Å². The minimum absolute atomic E-state index is 0.500. The van der Waals surface area contributed by atoms with Gasteiger partial charge in [0, 0.05) is 30.8 Å². The maximum atomic E-state index is 5.79. The minimum atomic E-state index is 0.500. The van der Waals surface area contributed by atoms with Gasteiger partial charge in [0.15, 0.2) is 0 Å². The van der Waals surface area contributed by atoms with Gasteiger partial charge in [-0.25, -0.2) is 4.98 Å². The minimum Gasteiger partial charge on any atom is -0.355 e. The summed E-state index contributed by atoms with van der Waals surface area (Å²) in [5.41, 5.74) is 6.76. The molecular formula is C15H19N3S. The molecule has 2 N–H and O–H groups in total. The lowest BCUT2D eigenvalue weighted by molar-refractivity contribution is 0.799. The summed E-state index contributed by atoms with van der Waals surface area (Å²) < 4.78 is 0. The number of hydrogen-bond donors (Lipinski definition) is 1. The van der Waals surface area contributed by atoms with E-state index < -0.39 is 0 Å². The summed E-state index contributed by atoms with van der Waals surface area (Å²) in [6.07, 6.45) is 1.23. The van der Waals surface area contributed by atoms with Gasteiger partial charge in [0.25, 0.3) is 0 Å². The Labute approximate surface area is 118 Å². The Kier molecular flexibility index (Phi) is 3.89. The normalized spacial score (nSPS) is 16.6. The summed E-state index contributed by atoms with van der Waals surface area (Å²) in [6, 6.07) is 10.6. The highest BCUT2D eigenvalue weighted by molar-refractivity contribution is 7.99. The molecule has 2 heterocycles. The van der Waals surface area contributed by atoms with Gasteiger partial charge in [0.05, 0.1) is 5.69 Å². The molecule has 0 unspecified atom stereocenters. The van der Waals surface area contributed by atoms with Crippen LogP contribution in [0.2, 0.25) is 0 Å². The average Bonchev–Trinajstić information content (AvgIpc) is 2.75. The van der Waals surface area contributed by atoms with Crippen molar-refractivity contribution in [3.63, 3.8) is 0 Å². The summed E-state index contributed by atoms with van der Waals surface area (Å²) in [5.74, 6) is 3.55. The average molecular weight is 273 g/mol. The molecule has 1 aromatic carbocycles. The largest absolute Gasteiger partial charge is 0.355 e. The molecular weight excluding hydrogens is 254 g/mol.